The molecule has 3 nitrogen and oxygen atoms in total. The molecule has 0 spiro atoms. The topological polar surface area (TPSA) is 39.1 Å². The van der Waals surface area contributed by atoms with E-state index in [1.807, 2.05) is 16.8 Å². The molecule has 0 aliphatic rings. The summed E-state index contributed by atoms with van der Waals surface area (Å²) >= 11 is 0. The largest absolute Gasteiger partial charge is 0.316 e. The van der Waals surface area contributed by atoms with Crippen LogP contribution in [-0.4, -0.2) is 19.2 Å². The molecule has 5 heteroatoms. The van der Waals surface area contributed by atoms with Crippen LogP contribution < -0.4 is 0 Å². The maximum Gasteiger partial charge on any atom is 0.175 e. The lowest BCUT2D eigenvalue weighted by molar-refractivity contribution is 0.602. The highest BCUT2D eigenvalue weighted by molar-refractivity contribution is 7.90. The van der Waals surface area contributed by atoms with Gasteiger partial charge in [-0.2, -0.15) is 0 Å². The number of aryl methyl sites for hydroxylation is 1. The normalized spacial score (nSPS) is 11.6. The molecule has 0 N–H and O–H groups in total. The van der Waals surface area contributed by atoms with Crippen molar-refractivity contribution in [2.75, 3.05) is 6.26 Å². The van der Waals surface area contributed by atoms with Crippen molar-refractivity contribution in [1.29, 1.82) is 0 Å². The van der Waals surface area contributed by atoms with Gasteiger partial charge in [-0.1, -0.05) is 6.92 Å². The first-order chi connectivity index (χ1) is 11.4. The molecule has 0 fully saturated rings. The number of aromatic nitrogens is 1. The van der Waals surface area contributed by atoms with E-state index < -0.39 is 9.84 Å². The highest BCUT2D eigenvalue weighted by atomic mass is 32.2. The molecule has 2 aromatic carbocycles. The smallest absolute Gasteiger partial charge is 0.175 e. The maximum atomic E-state index is 13.2. The molecule has 0 atom stereocenters. The van der Waals surface area contributed by atoms with Gasteiger partial charge in [-0.25, -0.2) is 12.8 Å². The zero-order chi connectivity index (χ0) is 17.3. The van der Waals surface area contributed by atoms with Crippen LogP contribution in [0.1, 0.15) is 12.5 Å². The van der Waals surface area contributed by atoms with Gasteiger partial charge in [-0.05, 0) is 72.1 Å². The average molecular weight is 343 g/mol. The Labute approximate surface area is 141 Å². The Morgan fingerprint density at radius 1 is 0.958 bits per heavy atom. The Kier molecular flexibility index (Phi) is 4.28. The monoisotopic (exact) mass is 343 g/mol. The predicted molar refractivity (Wildman–Crippen MR) is 93.7 cm³/mol. The van der Waals surface area contributed by atoms with E-state index >= 15 is 0 Å². The zero-order valence-corrected chi connectivity index (χ0v) is 14.3. The lowest BCUT2D eigenvalue weighted by atomic mass is 10.1. The molecule has 3 aromatic rings. The molecular weight excluding hydrogens is 325 g/mol. The SMILES string of the molecule is CCc1ccn(-c2ccc(S(C)(=O)=O)cc2)c1-c1ccc(F)cc1. The summed E-state index contributed by atoms with van der Waals surface area (Å²) in [5.41, 5.74) is 3.92. The number of rotatable bonds is 4. The van der Waals surface area contributed by atoms with Crippen molar-refractivity contribution in [2.24, 2.45) is 0 Å². The predicted octanol–water partition coefficient (Wildman–Crippen LogP) is 4.25. The van der Waals surface area contributed by atoms with Crippen LogP contribution in [0, 0.1) is 5.82 Å². The first-order valence-corrected chi connectivity index (χ1v) is 9.56. The molecule has 1 heterocycles. The van der Waals surface area contributed by atoms with Crippen molar-refractivity contribution >= 4 is 9.84 Å². The number of hydrogen-bond acceptors (Lipinski definition) is 2. The Morgan fingerprint density at radius 2 is 1.58 bits per heavy atom. The van der Waals surface area contributed by atoms with Crippen LogP contribution in [0.4, 0.5) is 4.39 Å². The number of hydrogen-bond donors (Lipinski definition) is 0. The molecule has 0 aliphatic heterocycles. The third-order valence-electron chi connectivity index (χ3n) is 4.01. The summed E-state index contributed by atoms with van der Waals surface area (Å²) in [6.07, 6.45) is 3.99. The first-order valence-electron chi connectivity index (χ1n) is 7.67. The summed E-state index contributed by atoms with van der Waals surface area (Å²) in [6.45, 7) is 2.07. The number of benzene rings is 2. The van der Waals surface area contributed by atoms with E-state index in [-0.39, 0.29) is 10.7 Å². The van der Waals surface area contributed by atoms with Gasteiger partial charge in [0.15, 0.2) is 9.84 Å². The minimum atomic E-state index is -3.22. The van der Waals surface area contributed by atoms with E-state index in [0.29, 0.717) is 0 Å². The minimum absolute atomic E-state index is 0.271. The summed E-state index contributed by atoms with van der Waals surface area (Å²) < 4.78 is 38.4. The molecule has 0 saturated heterocycles. The molecule has 124 valence electrons. The van der Waals surface area contributed by atoms with Crippen molar-refractivity contribution in [3.05, 3.63) is 72.2 Å². The van der Waals surface area contributed by atoms with Crippen molar-refractivity contribution < 1.29 is 12.8 Å². The second-order valence-corrected chi connectivity index (χ2v) is 7.70. The lowest BCUT2D eigenvalue weighted by Crippen LogP contribution is -2.00. The zero-order valence-electron chi connectivity index (χ0n) is 13.5. The summed E-state index contributed by atoms with van der Waals surface area (Å²) in [7, 11) is -3.22. The van der Waals surface area contributed by atoms with Gasteiger partial charge >= 0.3 is 0 Å². The van der Waals surface area contributed by atoms with Crippen molar-refractivity contribution in [1.82, 2.24) is 4.57 Å². The van der Waals surface area contributed by atoms with Crippen LogP contribution in [0.3, 0.4) is 0 Å². The highest BCUT2D eigenvalue weighted by Crippen LogP contribution is 2.29. The fourth-order valence-electron chi connectivity index (χ4n) is 2.76. The maximum absolute atomic E-state index is 13.2. The third kappa shape index (κ3) is 3.12. The fraction of sp³-hybridized carbons (Fsp3) is 0.158. The van der Waals surface area contributed by atoms with Crippen LogP contribution >= 0.6 is 0 Å². The molecule has 0 aliphatic carbocycles. The number of halogens is 1. The Balaban J connectivity index is 2.12. The molecule has 0 amide bonds. The highest BCUT2D eigenvalue weighted by Gasteiger charge is 2.13. The van der Waals surface area contributed by atoms with E-state index in [1.165, 1.54) is 18.4 Å². The average Bonchev–Trinajstić information content (AvgIpc) is 2.99. The summed E-state index contributed by atoms with van der Waals surface area (Å²) in [5, 5.41) is 0. The summed E-state index contributed by atoms with van der Waals surface area (Å²) in [6, 6.07) is 15.2. The second-order valence-electron chi connectivity index (χ2n) is 5.69. The number of nitrogens with zero attached hydrogens (tertiary/aromatic N) is 1. The summed E-state index contributed by atoms with van der Waals surface area (Å²) in [4.78, 5) is 0.289. The van der Waals surface area contributed by atoms with Gasteiger partial charge in [0.25, 0.3) is 0 Å². The van der Waals surface area contributed by atoms with Crippen molar-refractivity contribution in [3.63, 3.8) is 0 Å². The second kappa shape index (κ2) is 6.24. The first kappa shape index (κ1) is 16.5. The molecule has 24 heavy (non-hydrogen) atoms. The Bertz CT molecular complexity index is 956. The quantitative estimate of drug-likeness (QED) is 0.710. The molecule has 0 unspecified atom stereocenters. The van der Waals surface area contributed by atoms with E-state index in [9.17, 15) is 12.8 Å². The number of sulfone groups is 1. The van der Waals surface area contributed by atoms with Gasteiger partial charge in [0, 0.05) is 18.1 Å². The molecule has 3 rings (SSSR count). The molecular formula is C19H18FNO2S. The molecule has 0 bridgehead atoms. The molecule has 0 radical (unpaired) electrons. The van der Waals surface area contributed by atoms with E-state index in [2.05, 4.69) is 6.92 Å². The Morgan fingerprint density at radius 3 is 2.12 bits per heavy atom. The van der Waals surface area contributed by atoms with E-state index in [0.717, 1.165) is 28.9 Å². The standard InChI is InChI=1S/C19H18FNO2S/c1-3-14-12-13-21(19(14)15-4-6-16(20)7-5-15)17-8-10-18(11-9-17)24(2,22)23/h4-13H,3H2,1-2H3. The molecule has 1 aromatic heterocycles. The van der Waals surface area contributed by atoms with Crippen molar-refractivity contribution in [3.8, 4) is 16.9 Å². The van der Waals surface area contributed by atoms with Gasteiger partial charge in [0.05, 0.1) is 10.6 Å². The van der Waals surface area contributed by atoms with Gasteiger partial charge in [0.1, 0.15) is 5.82 Å². The van der Waals surface area contributed by atoms with Crippen LogP contribution in [0.5, 0.6) is 0 Å². The van der Waals surface area contributed by atoms with Gasteiger partial charge in [0.2, 0.25) is 0 Å². The third-order valence-corrected chi connectivity index (χ3v) is 5.14. The van der Waals surface area contributed by atoms with Gasteiger partial charge in [-0.3, -0.25) is 0 Å². The lowest BCUT2D eigenvalue weighted by Gasteiger charge is -2.12. The van der Waals surface area contributed by atoms with Crippen LogP contribution in [-0.2, 0) is 16.3 Å². The van der Waals surface area contributed by atoms with Crippen LogP contribution in [0.25, 0.3) is 16.9 Å². The van der Waals surface area contributed by atoms with Gasteiger partial charge in [-0.15, -0.1) is 0 Å². The fourth-order valence-corrected chi connectivity index (χ4v) is 3.39. The van der Waals surface area contributed by atoms with Gasteiger partial charge < -0.3 is 4.57 Å². The van der Waals surface area contributed by atoms with Crippen molar-refractivity contribution in [2.45, 2.75) is 18.2 Å². The summed E-state index contributed by atoms with van der Waals surface area (Å²) in [5.74, 6) is -0.271. The van der Waals surface area contributed by atoms with Crippen LogP contribution in [0.15, 0.2) is 65.7 Å². The van der Waals surface area contributed by atoms with Crippen LogP contribution in [0.2, 0.25) is 0 Å². The molecule has 0 saturated carbocycles. The minimum Gasteiger partial charge on any atom is -0.316 e. The van der Waals surface area contributed by atoms with E-state index in [1.54, 1.807) is 36.4 Å². The van der Waals surface area contributed by atoms with E-state index in [4.69, 9.17) is 0 Å². The Hall–Kier alpha value is -2.40.